The predicted octanol–water partition coefficient (Wildman–Crippen LogP) is 5.63. The summed E-state index contributed by atoms with van der Waals surface area (Å²) in [5.41, 5.74) is 3.38. The Hall–Kier alpha value is -3.70. The highest BCUT2D eigenvalue weighted by molar-refractivity contribution is 6.08. The standard InChI is InChI=1S/C28H29NO4/c1-21-8-14-24(15-9-21)26(30)25-16-18-29(20-25)17-4-6-22-10-12-23(13-11-22)7-5-19-33-28(2,3)27(31)32/h4-16,18,20H,17,19H2,1-3H3,(H,31,32)/b6-4+,7-5+. The fourth-order valence-corrected chi connectivity index (χ4v) is 3.09. The highest BCUT2D eigenvalue weighted by Crippen LogP contribution is 2.13. The second-order valence-electron chi connectivity index (χ2n) is 8.39. The molecule has 170 valence electrons. The van der Waals surface area contributed by atoms with Gasteiger partial charge in [-0.3, -0.25) is 4.79 Å². The Morgan fingerprint density at radius 3 is 2.12 bits per heavy atom. The Morgan fingerprint density at radius 1 is 0.909 bits per heavy atom. The molecular formula is C28H29NO4. The number of ketones is 1. The first-order valence-electron chi connectivity index (χ1n) is 10.8. The number of carbonyl (C=O) groups excluding carboxylic acids is 1. The van der Waals surface area contributed by atoms with Gasteiger partial charge in [0.25, 0.3) is 0 Å². The number of ether oxygens (including phenoxy) is 1. The smallest absolute Gasteiger partial charge is 0.335 e. The van der Waals surface area contributed by atoms with Gasteiger partial charge in [-0.2, -0.15) is 0 Å². The zero-order chi connectivity index (χ0) is 23.8. The molecule has 0 aliphatic carbocycles. The lowest BCUT2D eigenvalue weighted by molar-refractivity contribution is -0.159. The van der Waals surface area contributed by atoms with Crippen molar-refractivity contribution in [1.29, 1.82) is 0 Å². The van der Waals surface area contributed by atoms with E-state index in [9.17, 15) is 9.59 Å². The summed E-state index contributed by atoms with van der Waals surface area (Å²) in [4.78, 5) is 23.6. The van der Waals surface area contributed by atoms with Crippen LogP contribution in [0.3, 0.4) is 0 Å². The number of aromatic nitrogens is 1. The quantitative estimate of drug-likeness (QED) is 0.412. The second-order valence-corrected chi connectivity index (χ2v) is 8.39. The van der Waals surface area contributed by atoms with Gasteiger partial charge in [0.2, 0.25) is 0 Å². The zero-order valence-electron chi connectivity index (χ0n) is 19.2. The van der Waals surface area contributed by atoms with E-state index in [-0.39, 0.29) is 12.4 Å². The van der Waals surface area contributed by atoms with E-state index < -0.39 is 11.6 Å². The van der Waals surface area contributed by atoms with E-state index in [0.717, 1.165) is 16.7 Å². The molecule has 0 aliphatic rings. The minimum atomic E-state index is -1.20. The SMILES string of the molecule is Cc1ccc(C(=O)c2ccn(C/C=C/c3ccc(/C=C/COC(C)(C)C(=O)O)cc3)c2)cc1. The molecule has 33 heavy (non-hydrogen) atoms. The third-order valence-corrected chi connectivity index (χ3v) is 5.26. The minimum Gasteiger partial charge on any atom is -0.479 e. The van der Waals surface area contributed by atoms with Crippen molar-refractivity contribution in [3.63, 3.8) is 0 Å². The maximum Gasteiger partial charge on any atom is 0.335 e. The van der Waals surface area contributed by atoms with Gasteiger partial charge < -0.3 is 14.4 Å². The number of nitrogens with zero attached hydrogens (tertiary/aromatic N) is 1. The van der Waals surface area contributed by atoms with Crippen LogP contribution in [0.25, 0.3) is 12.2 Å². The Labute approximate surface area is 194 Å². The van der Waals surface area contributed by atoms with Crippen LogP contribution in [-0.4, -0.2) is 33.6 Å². The van der Waals surface area contributed by atoms with Crippen molar-refractivity contribution < 1.29 is 19.4 Å². The second kappa shape index (κ2) is 10.7. The van der Waals surface area contributed by atoms with Crippen LogP contribution in [-0.2, 0) is 16.1 Å². The van der Waals surface area contributed by atoms with Crippen molar-refractivity contribution >= 4 is 23.9 Å². The molecule has 0 saturated carbocycles. The molecule has 0 radical (unpaired) electrons. The lowest BCUT2D eigenvalue weighted by atomic mass is 10.0. The molecule has 0 unspecified atom stereocenters. The molecular weight excluding hydrogens is 414 g/mol. The highest BCUT2D eigenvalue weighted by atomic mass is 16.5. The fraction of sp³-hybridized carbons (Fsp3) is 0.214. The molecule has 2 aromatic carbocycles. The monoisotopic (exact) mass is 443 g/mol. The number of carboxylic acid groups (broad SMARTS) is 1. The van der Waals surface area contributed by atoms with Gasteiger partial charge in [0.1, 0.15) is 0 Å². The minimum absolute atomic E-state index is 0.0262. The van der Waals surface area contributed by atoms with E-state index >= 15 is 0 Å². The van der Waals surface area contributed by atoms with Crippen LogP contribution < -0.4 is 0 Å². The van der Waals surface area contributed by atoms with Crippen LogP contribution in [0.2, 0.25) is 0 Å². The van der Waals surface area contributed by atoms with Crippen molar-refractivity contribution in [1.82, 2.24) is 4.57 Å². The Morgan fingerprint density at radius 2 is 1.52 bits per heavy atom. The first-order valence-corrected chi connectivity index (χ1v) is 10.8. The summed E-state index contributed by atoms with van der Waals surface area (Å²) in [6.07, 6.45) is 11.6. The molecule has 5 heteroatoms. The molecule has 0 bridgehead atoms. The van der Waals surface area contributed by atoms with Crippen LogP contribution in [0.4, 0.5) is 0 Å². The number of rotatable bonds is 10. The fourth-order valence-electron chi connectivity index (χ4n) is 3.09. The van der Waals surface area contributed by atoms with Gasteiger partial charge in [-0.05, 0) is 38.0 Å². The lowest BCUT2D eigenvalue weighted by Crippen LogP contribution is -2.34. The maximum atomic E-state index is 12.6. The van der Waals surface area contributed by atoms with Crippen molar-refractivity contribution in [3.8, 4) is 0 Å². The summed E-state index contributed by atoms with van der Waals surface area (Å²) in [7, 11) is 0. The van der Waals surface area contributed by atoms with Crippen molar-refractivity contribution in [3.05, 3.63) is 107 Å². The van der Waals surface area contributed by atoms with Gasteiger partial charge in [-0.15, -0.1) is 0 Å². The van der Waals surface area contributed by atoms with Gasteiger partial charge in [-0.1, -0.05) is 78.4 Å². The molecule has 1 aromatic heterocycles. The Kier molecular flexibility index (Phi) is 7.80. The summed E-state index contributed by atoms with van der Waals surface area (Å²) in [5.74, 6) is -0.959. The molecule has 0 spiro atoms. The average Bonchev–Trinajstić information content (AvgIpc) is 3.26. The molecule has 0 atom stereocenters. The molecule has 3 aromatic rings. The van der Waals surface area contributed by atoms with E-state index in [1.165, 1.54) is 13.8 Å². The van der Waals surface area contributed by atoms with Gasteiger partial charge in [0, 0.05) is 30.1 Å². The van der Waals surface area contributed by atoms with E-state index in [4.69, 9.17) is 9.84 Å². The average molecular weight is 444 g/mol. The highest BCUT2D eigenvalue weighted by Gasteiger charge is 2.27. The maximum absolute atomic E-state index is 12.6. The van der Waals surface area contributed by atoms with Crippen molar-refractivity contribution in [2.24, 2.45) is 0 Å². The van der Waals surface area contributed by atoms with E-state index in [1.807, 2.05) is 96.7 Å². The van der Waals surface area contributed by atoms with Crippen molar-refractivity contribution in [2.75, 3.05) is 6.61 Å². The van der Waals surface area contributed by atoms with Gasteiger partial charge >= 0.3 is 5.97 Å². The van der Waals surface area contributed by atoms with Gasteiger partial charge in [0.05, 0.1) is 6.61 Å². The summed E-state index contributed by atoms with van der Waals surface area (Å²) < 4.78 is 7.34. The van der Waals surface area contributed by atoms with Gasteiger partial charge in [-0.25, -0.2) is 4.79 Å². The lowest BCUT2D eigenvalue weighted by Gasteiger charge is -2.18. The number of allylic oxidation sites excluding steroid dienone is 1. The predicted molar refractivity (Wildman–Crippen MR) is 131 cm³/mol. The Balaban J connectivity index is 1.51. The molecule has 0 fully saturated rings. The summed E-state index contributed by atoms with van der Waals surface area (Å²) in [6.45, 7) is 5.95. The number of hydrogen-bond acceptors (Lipinski definition) is 3. The normalized spacial score (nSPS) is 12.0. The molecule has 1 heterocycles. The number of hydrogen-bond donors (Lipinski definition) is 1. The number of carboxylic acids is 1. The van der Waals surface area contributed by atoms with E-state index in [0.29, 0.717) is 17.7 Å². The summed E-state index contributed by atoms with van der Waals surface area (Å²) in [5, 5.41) is 9.04. The van der Waals surface area contributed by atoms with Crippen molar-refractivity contribution in [2.45, 2.75) is 32.9 Å². The number of aryl methyl sites for hydroxylation is 1. The van der Waals surface area contributed by atoms with Crippen LogP contribution in [0, 0.1) is 6.92 Å². The molecule has 0 saturated heterocycles. The first-order chi connectivity index (χ1) is 15.7. The number of carbonyl (C=O) groups is 2. The van der Waals surface area contributed by atoms with Gasteiger partial charge in [0.15, 0.2) is 11.4 Å². The topological polar surface area (TPSA) is 68.5 Å². The van der Waals surface area contributed by atoms with Crippen LogP contribution in [0.15, 0.2) is 79.1 Å². The third-order valence-electron chi connectivity index (χ3n) is 5.26. The van der Waals surface area contributed by atoms with Crippen LogP contribution in [0.5, 0.6) is 0 Å². The molecule has 3 rings (SSSR count). The molecule has 5 nitrogen and oxygen atoms in total. The summed E-state index contributed by atoms with van der Waals surface area (Å²) in [6, 6.07) is 17.5. The number of aliphatic carboxylic acids is 1. The molecule has 1 N–H and O–H groups in total. The Bertz CT molecular complexity index is 1150. The largest absolute Gasteiger partial charge is 0.479 e. The molecule has 0 aliphatic heterocycles. The summed E-state index contributed by atoms with van der Waals surface area (Å²) >= 11 is 0. The number of benzene rings is 2. The van der Waals surface area contributed by atoms with Crippen LogP contribution >= 0.6 is 0 Å². The van der Waals surface area contributed by atoms with E-state index in [2.05, 4.69) is 0 Å². The zero-order valence-corrected chi connectivity index (χ0v) is 19.2. The van der Waals surface area contributed by atoms with E-state index in [1.54, 1.807) is 6.08 Å². The third kappa shape index (κ3) is 6.89. The van der Waals surface area contributed by atoms with Crippen LogP contribution in [0.1, 0.15) is 46.5 Å². The molecule has 0 amide bonds. The first kappa shape index (κ1) is 24.0.